The lowest BCUT2D eigenvalue weighted by atomic mass is 9.92. The predicted molar refractivity (Wildman–Crippen MR) is 119 cm³/mol. The normalized spacial score (nSPS) is 17.7. The number of hydrogen-bond donors (Lipinski definition) is 1. The molecule has 1 saturated heterocycles. The quantitative estimate of drug-likeness (QED) is 0.687. The summed E-state index contributed by atoms with van der Waals surface area (Å²) in [6.07, 6.45) is 5.07. The van der Waals surface area contributed by atoms with Gasteiger partial charge in [0.05, 0.1) is 17.7 Å². The molecule has 2 heterocycles. The van der Waals surface area contributed by atoms with Crippen LogP contribution in [0.5, 0.6) is 0 Å². The van der Waals surface area contributed by atoms with Crippen molar-refractivity contribution in [1.29, 1.82) is 0 Å². The Labute approximate surface area is 186 Å². The van der Waals surface area contributed by atoms with Crippen molar-refractivity contribution in [3.05, 3.63) is 45.6 Å². The van der Waals surface area contributed by atoms with Gasteiger partial charge in [-0.15, -0.1) is 11.3 Å². The molecule has 1 aromatic heterocycles. The number of benzene rings is 1. The highest BCUT2D eigenvalue weighted by molar-refractivity contribution is 7.89. The summed E-state index contributed by atoms with van der Waals surface area (Å²) in [5.41, 5.74) is 2.82. The zero-order valence-corrected chi connectivity index (χ0v) is 19.1. The maximum atomic E-state index is 13.1. The summed E-state index contributed by atoms with van der Waals surface area (Å²) in [7, 11) is -2.28. The molecule has 7 nitrogen and oxygen atoms in total. The Kier molecular flexibility index (Phi) is 6.45. The van der Waals surface area contributed by atoms with E-state index in [2.05, 4.69) is 5.32 Å². The van der Waals surface area contributed by atoms with E-state index in [1.807, 2.05) is 12.1 Å². The van der Waals surface area contributed by atoms with E-state index in [9.17, 15) is 18.0 Å². The smallest absolute Gasteiger partial charge is 0.350 e. The number of carbonyl (C=O) groups is 2. The lowest BCUT2D eigenvalue weighted by molar-refractivity contribution is -0.120. The molecule has 1 aliphatic carbocycles. The fourth-order valence-electron chi connectivity index (χ4n) is 4.27. The van der Waals surface area contributed by atoms with Crippen LogP contribution in [0.25, 0.3) is 0 Å². The number of nitrogens with zero attached hydrogens (tertiary/aromatic N) is 1. The van der Waals surface area contributed by atoms with Crippen LogP contribution in [0.1, 0.15) is 46.5 Å². The third kappa shape index (κ3) is 4.53. The molecule has 166 valence electrons. The molecule has 0 atom stereocenters. The SMILES string of the molecule is COC(=O)c1sccc1NC(=O)C1CCN(S(=O)(=O)c2ccc3c(c2)CCCC3)CC1. The van der Waals surface area contributed by atoms with E-state index in [0.717, 1.165) is 31.2 Å². The Balaban J connectivity index is 1.40. The van der Waals surface area contributed by atoms with Gasteiger partial charge in [0.25, 0.3) is 0 Å². The molecule has 1 aliphatic heterocycles. The van der Waals surface area contributed by atoms with Crippen LogP contribution in [0.3, 0.4) is 0 Å². The van der Waals surface area contributed by atoms with Gasteiger partial charge in [0, 0.05) is 19.0 Å². The van der Waals surface area contributed by atoms with E-state index in [-0.39, 0.29) is 11.8 Å². The first-order chi connectivity index (χ1) is 14.9. The molecule has 9 heteroatoms. The molecule has 0 radical (unpaired) electrons. The first-order valence-corrected chi connectivity index (χ1v) is 12.8. The molecule has 1 N–H and O–H groups in total. The van der Waals surface area contributed by atoms with Crippen molar-refractivity contribution in [1.82, 2.24) is 4.31 Å². The van der Waals surface area contributed by atoms with Gasteiger partial charge in [-0.05, 0) is 73.2 Å². The third-order valence-electron chi connectivity index (χ3n) is 6.08. The van der Waals surface area contributed by atoms with Gasteiger partial charge in [-0.25, -0.2) is 13.2 Å². The van der Waals surface area contributed by atoms with Crippen molar-refractivity contribution in [2.75, 3.05) is 25.5 Å². The number of carbonyl (C=O) groups excluding carboxylic acids is 2. The molecule has 2 aromatic rings. The van der Waals surface area contributed by atoms with Gasteiger partial charge in [-0.3, -0.25) is 4.79 Å². The van der Waals surface area contributed by atoms with Crippen molar-refractivity contribution in [2.45, 2.75) is 43.4 Å². The lowest BCUT2D eigenvalue weighted by Crippen LogP contribution is -2.41. The lowest BCUT2D eigenvalue weighted by Gasteiger charge is -2.31. The molecule has 0 bridgehead atoms. The van der Waals surface area contributed by atoms with Gasteiger partial charge in [-0.2, -0.15) is 4.31 Å². The van der Waals surface area contributed by atoms with Gasteiger partial charge in [0.15, 0.2) is 0 Å². The maximum absolute atomic E-state index is 13.1. The Morgan fingerprint density at radius 1 is 1.10 bits per heavy atom. The largest absolute Gasteiger partial charge is 0.465 e. The molecule has 1 amide bonds. The molecule has 4 rings (SSSR count). The molecule has 1 fully saturated rings. The van der Waals surface area contributed by atoms with Crippen LogP contribution in [0.4, 0.5) is 5.69 Å². The van der Waals surface area contributed by atoms with E-state index < -0.39 is 16.0 Å². The van der Waals surface area contributed by atoms with Crippen molar-refractivity contribution < 1.29 is 22.7 Å². The summed E-state index contributed by atoms with van der Waals surface area (Å²) >= 11 is 1.21. The van der Waals surface area contributed by atoms with Crippen LogP contribution >= 0.6 is 11.3 Å². The van der Waals surface area contributed by atoms with Crippen LogP contribution in [-0.2, 0) is 32.4 Å². The molecular weight excluding hydrogens is 436 g/mol. The number of anilines is 1. The minimum atomic E-state index is -3.57. The van der Waals surface area contributed by atoms with Gasteiger partial charge in [0.2, 0.25) is 15.9 Å². The first-order valence-electron chi connectivity index (χ1n) is 10.5. The molecule has 0 spiro atoms. The Bertz CT molecular complexity index is 1090. The molecule has 0 unspecified atom stereocenters. The van der Waals surface area contributed by atoms with Crippen molar-refractivity contribution in [2.24, 2.45) is 5.92 Å². The highest BCUT2D eigenvalue weighted by Crippen LogP contribution is 2.29. The van der Waals surface area contributed by atoms with Crippen LogP contribution in [0.2, 0.25) is 0 Å². The topological polar surface area (TPSA) is 92.8 Å². The molecule has 2 aliphatic rings. The number of aryl methyl sites for hydroxylation is 2. The average molecular weight is 463 g/mol. The number of esters is 1. The first kappa shape index (κ1) is 22.0. The molecule has 31 heavy (non-hydrogen) atoms. The second-order valence-electron chi connectivity index (χ2n) is 7.96. The number of thiophene rings is 1. The van der Waals surface area contributed by atoms with Crippen LogP contribution < -0.4 is 5.32 Å². The minimum Gasteiger partial charge on any atom is -0.465 e. The second-order valence-corrected chi connectivity index (χ2v) is 10.8. The maximum Gasteiger partial charge on any atom is 0.350 e. The Hall–Kier alpha value is -2.23. The highest BCUT2D eigenvalue weighted by Gasteiger charge is 2.33. The average Bonchev–Trinajstić information content (AvgIpc) is 3.26. The zero-order valence-electron chi connectivity index (χ0n) is 17.4. The van der Waals surface area contributed by atoms with Crippen molar-refractivity contribution >= 4 is 38.9 Å². The fraction of sp³-hybridized carbons (Fsp3) is 0.455. The molecule has 1 aromatic carbocycles. The van der Waals surface area contributed by atoms with Gasteiger partial charge in [0.1, 0.15) is 4.88 Å². The summed E-state index contributed by atoms with van der Waals surface area (Å²) in [6, 6.07) is 7.16. The number of ether oxygens (including phenoxy) is 1. The second kappa shape index (κ2) is 9.10. The summed E-state index contributed by atoms with van der Waals surface area (Å²) < 4.78 is 32.5. The standard InChI is InChI=1S/C22H26N2O5S2/c1-29-22(26)20-19(10-13-30-20)23-21(25)16-8-11-24(12-9-16)31(27,28)18-7-6-15-4-2-3-5-17(15)14-18/h6-7,10,13-14,16H,2-5,8-9,11-12H2,1H3,(H,23,25). The monoisotopic (exact) mass is 462 g/mol. The molecular formula is C22H26N2O5S2. The van der Waals surface area contributed by atoms with Crippen LogP contribution in [0, 0.1) is 5.92 Å². The number of nitrogens with one attached hydrogen (secondary N) is 1. The van der Waals surface area contributed by atoms with E-state index >= 15 is 0 Å². The van der Waals surface area contributed by atoms with Crippen molar-refractivity contribution in [3.63, 3.8) is 0 Å². The number of rotatable bonds is 5. The number of fused-ring (bicyclic) bond motifs is 1. The van der Waals surface area contributed by atoms with Gasteiger partial charge >= 0.3 is 5.97 Å². The summed E-state index contributed by atoms with van der Waals surface area (Å²) in [4.78, 5) is 25.2. The van der Waals surface area contributed by atoms with E-state index in [0.29, 0.717) is 41.4 Å². The Morgan fingerprint density at radius 3 is 2.52 bits per heavy atom. The van der Waals surface area contributed by atoms with Crippen LogP contribution in [-0.4, -0.2) is 44.8 Å². The summed E-state index contributed by atoms with van der Waals surface area (Å²) in [5, 5.41) is 4.52. The summed E-state index contributed by atoms with van der Waals surface area (Å²) in [6.45, 7) is 0.593. The minimum absolute atomic E-state index is 0.200. The fourth-order valence-corrected chi connectivity index (χ4v) is 6.56. The third-order valence-corrected chi connectivity index (χ3v) is 8.87. The zero-order chi connectivity index (χ0) is 22.0. The van der Waals surface area contributed by atoms with E-state index in [1.165, 1.54) is 28.3 Å². The van der Waals surface area contributed by atoms with E-state index in [4.69, 9.17) is 4.74 Å². The Morgan fingerprint density at radius 2 is 1.81 bits per heavy atom. The predicted octanol–water partition coefficient (Wildman–Crippen LogP) is 3.45. The van der Waals surface area contributed by atoms with Crippen molar-refractivity contribution in [3.8, 4) is 0 Å². The number of amides is 1. The number of piperidine rings is 1. The summed E-state index contributed by atoms with van der Waals surface area (Å²) in [5.74, 6) is -0.994. The van der Waals surface area contributed by atoms with Gasteiger partial charge < -0.3 is 10.1 Å². The highest BCUT2D eigenvalue weighted by atomic mass is 32.2. The number of methoxy groups -OCH3 is 1. The molecule has 0 saturated carbocycles. The van der Waals surface area contributed by atoms with E-state index in [1.54, 1.807) is 17.5 Å². The number of sulfonamides is 1. The van der Waals surface area contributed by atoms with Crippen LogP contribution in [0.15, 0.2) is 34.5 Å². The van der Waals surface area contributed by atoms with Gasteiger partial charge in [-0.1, -0.05) is 6.07 Å². The number of hydrogen-bond acceptors (Lipinski definition) is 6.